The molecule has 1 fully saturated rings. The van der Waals surface area contributed by atoms with Crippen LogP contribution < -0.4 is 5.32 Å². The number of carbonyl (C=O) groups excluding carboxylic acids is 1. The minimum absolute atomic E-state index is 0.0194. The summed E-state index contributed by atoms with van der Waals surface area (Å²) in [5, 5.41) is 2.66. The van der Waals surface area contributed by atoms with Gasteiger partial charge in [0.05, 0.1) is 17.5 Å². The van der Waals surface area contributed by atoms with Crippen molar-refractivity contribution in [2.24, 2.45) is 5.92 Å². The molecule has 7 heteroatoms. The van der Waals surface area contributed by atoms with Gasteiger partial charge in [-0.3, -0.25) is 4.79 Å². The predicted molar refractivity (Wildman–Crippen MR) is 78.9 cm³/mol. The minimum Gasteiger partial charge on any atom is -0.349 e. The van der Waals surface area contributed by atoms with E-state index >= 15 is 0 Å². The van der Waals surface area contributed by atoms with Crippen LogP contribution in [0.5, 0.6) is 0 Å². The molecule has 0 radical (unpaired) electrons. The highest BCUT2D eigenvalue weighted by atomic mass is 32.2. The third-order valence-electron chi connectivity index (χ3n) is 3.88. The fourth-order valence-corrected chi connectivity index (χ4v) is 4.59. The smallest absolute Gasteiger partial charge is 0.220 e. The summed E-state index contributed by atoms with van der Waals surface area (Å²) in [7, 11) is -3.03. The van der Waals surface area contributed by atoms with Crippen LogP contribution in [0.25, 0.3) is 0 Å². The van der Waals surface area contributed by atoms with Gasteiger partial charge in [0.2, 0.25) is 5.91 Å². The van der Waals surface area contributed by atoms with Crippen molar-refractivity contribution in [2.45, 2.75) is 32.2 Å². The van der Waals surface area contributed by atoms with Gasteiger partial charge in [-0.25, -0.2) is 17.2 Å². The van der Waals surface area contributed by atoms with Crippen molar-refractivity contribution in [2.75, 3.05) is 11.5 Å². The maximum Gasteiger partial charge on any atom is 0.220 e. The van der Waals surface area contributed by atoms with Crippen LogP contribution in [0, 0.1) is 17.6 Å². The standard InChI is InChI=1S/C15H19F2NO3S/c1-2-14(12-8-11(16)3-4-13(12)17)18-15(19)7-10-5-6-22(20,21)9-10/h3-4,8,10,14H,2,5-7,9H2,1H3,(H,18,19)/t10-,14-/m1/s1. The van der Waals surface area contributed by atoms with Crippen LogP contribution in [-0.2, 0) is 14.6 Å². The highest BCUT2D eigenvalue weighted by Gasteiger charge is 2.30. The van der Waals surface area contributed by atoms with Crippen LogP contribution in [0.15, 0.2) is 18.2 Å². The summed E-state index contributed by atoms with van der Waals surface area (Å²) in [6.07, 6.45) is 0.975. The lowest BCUT2D eigenvalue weighted by Gasteiger charge is -2.19. The molecular weight excluding hydrogens is 312 g/mol. The highest BCUT2D eigenvalue weighted by molar-refractivity contribution is 7.91. The summed E-state index contributed by atoms with van der Waals surface area (Å²) in [4.78, 5) is 12.0. The molecule has 1 aliphatic rings. The van der Waals surface area contributed by atoms with E-state index in [1.54, 1.807) is 6.92 Å². The van der Waals surface area contributed by atoms with Crippen molar-refractivity contribution in [3.63, 3.8) is 0 Å². The first-order valence-corrected chi connectivity index (χ1v) is 9.07. The molecule has 22 heavy (non-hydrogen) atoms. The zero-order valence-electron chi connectivity index (χ0n) is 12.3. The molecule has 1 N–H and O–H groups in total. The van der Waals surface area contributed by atoms with Crippen molar-refractivity contribution >= 4 is 15.7 Å². The Hall–Kier alpha value is -1.50. The van der Waals surface area contributed by atoms with E-state index in [1.807, 2.05) is 0 Å². The van der Waals surface area contributed by atoms with Crippen LogP contribution in [0.1, 0.15) is 37.8 Å². The zero-order chi connectivity index (χ0) is 16.3. The molecule has 0 unspecified atom stereocenters. The maximum atomic E-state index is 13.8. The second-order valence-electron chi connectivity index (χ2n) is 5.67. The lowest BCUT2D eigenvalue weighted by atomic mass is 10.0. The Labute approximate surface area is 128 Å². The van der Waals surface area contributed by atoms with Crippen molar-refractivity contribution in [1.29, 1.82) is 0 Å². The molecule has 1 aromatic rings. The highest BCUT2D eigenvalue weighted by Crippen LogP contribution is 2.24. The van der Waals surface area contributed by atoms with Crippen molar-refractivity contribution in [1.82, 2.24) is 5.32 Å². The maximum absolute atomic E-state index is 13.8. The molecule has 0 aromatic heterocycles. The molecular formula is C15H19F2NO3S. The van der Waals surface area contributed by atoms with Gasteiger partial charge in [0.1, 0.15) is 11.6 Å². The molecule has 0 bridgehead atoms. The molecule has 0 saturated carbocycles. The minimum atomic E-state index is -3.03. The Balaban J connectivity index is 2.01. The Bertz CT molecular complexity index is 661. The number of hydrogen-bond donors (Lipinski definition) is 1. The van der Waals surface area contributed by atoms with Gasteiger partial charge >= 0.3 is 0 Å². The normalized spacial score (nSPS) is 21.5. The number of rotatable bonds is 5. The molecule has 0 aliphatic carbocycles. The number of carbonyl (C=O) groups is 1. The zero-order valence-corrected chi connectivity index (χ0v) is 13.1. The Kier molecular flexibility index (Phi) is 5.16. The van der Waals surface area contributed by atoms with Crippen molar-refractivity contribution in [3.05, 3.63) is 35.4 Å². The number of hydrogen-bond acceptors (Lipinski definition) is 3. The number of amides is 1. The first-order valence-electron chi connectivity index (χ1n) is 7.25. The van der Waals surface area contributed by atoms with Crippen molar-refractivity contribution in [3.8, 4) is 0 Å². The Morgan fingerprint density at radius 3 is 2.73 bits per heavy atom. The predicted octanol–water partition coefficient (Wildman–Crippen LogP) is 2.36. The van der Waals surface area contributed by atoms with Crippen LogP contribution in [0.3, 0.4) is 0 Å². The number of benzene rings is 1. The summed E-state index contributed by atoms with van der Waals surface area (Å²) >= 11 is 0. The topological polar surface area (TPSA) is 63.2 Å². The van der Waals surface area contributed by atoms with Crippen LogP contribution in [-0.4, -0.2) is 25.8 Å². The SMILES string of the molecule is CC[C@@H](NC(=O)C[C@H]1CCS(=O)(=O)C1)c1cc(F)ccc1F. The second-order valence-corrected chi connectivity index (χ2v) is 7.90. The van der Waals surface area contributed by atoms with Crippen LogP contribution in [0.4, 0.5) is 8.78 Å². The first-order chi connectivity index (χ1) is 10.3. The molecule has 1 aliphatic heterocycles. The lowest BCUT2D eigenvalue weighted by Crippen LogP contribution is -2.30. The van der Waals surface area contributed by atoms with E-state index in [2.05, 4.69) is 5.32 Å². The van der Waals surface area contributed by atoms with E-state index in [4.69, 9.17) is 0 Å². The molecule has 1 heterocycles. The van der Waals surface area contributed by atoms with Gasteiger partial charge in [-0.05, 0) is 37.0 Å². The van der Waals surface area contributed by atoms with E-state index in [-0.39, 0.29) is 35.3 Å². The van der Waals surface area contributed by atoms with Crippen molar-refractivity contribution < 1.29 is 22.0 Å². The van der Waals surface area contributed by atoms with Gasteiger partial charge in [0.15, 0.2) is 9.84 Å². The molecule has 1 saturated heterocycles. The number of sulfone groups is 1. The fraction of sp³-hybridized carbons (Fsp3) is 0.533. The molecule has 2 atom stereocenters. The second kappa shape index (κ2) is 6.73. The third kappa shape index (κ3) is 4.25. The fourth-order valence-electron chi connectivity index (χ4n) is 2.73. The number of halogens is 2. The van der Waals surface area contributed by atoms with Gasteiger partial charge in [0.25, 0.3) is 0 Å². The molecule has 4 nitrogen and oxygen atoms in total. The quantitative estimate of drug-likeness (QED) is 0.901. The molecule has 1 aromatic carbocycles. The molecule has 2 rings (SSSR count). The van der Waals surface area contributed by atoms with E-state index < -0.39 is 27.5 Å². The molecule has 0 spiro atoms. The Morgan fingerprint density at radius 2 is 2.14 bits per heavy atom. The summed E-state index contributed by atoms with van der Waals surface area (Å²) < 4.78 is 49.8. The average Bonchev–Trinajstić information content (AvgIpc) is 2.78. The van der Waals surface area contributed by atoms with Crippen LogP contribution in [0.2, 0.25) is 0 Å². The first kappa shape index (κ1) is 16.9. The van der Waals surface area contributed by atoms with Gasteiger partial charge < -0.3 is 5.32 Å². The summed E-state index contributed by atoms with van der Waals surface area (Å²) in [6, 6.07) is 2.50. The van der Waals surface area contributed by atoms with Gasteiger partial charge in [0, 0.05) is 12.0 Å². The van der Waals surface area contributed by atoms with Gasteiger partial charge in [-0.15, -0.1) is 0 Å². The largest absolute Gasteiger partial charge is 0.349 e. The summed E-state index contributed by atoms with van der Waals surface area (Å²) in [5.74, 6) is -1.54. The van der Waals surface area contributed by atoms with E-state index in [0.717, 1.165) is 18.2 Å². The summed E-state index contributed by atoms with van der Waals surface area (Å²) in [5.41, 5.74) is 0.106. The molecule has 122 valence electrons. The lowest BCUT2D eigenvalue weighted by molar-refractivity contribution is -0.122. The average molecular weight is 331 g/mol. The van der Waals surface area contributed by atoms with Crippen LogP contribution >= 0.6 is 0 Å². The van der Waals surface area contributed by atoms with E-state index in [1.165, 1.54) is 0 Å². The summed E-state index contributed by atoms with van der Waals surface area (Å²) in [6.45, 7) is 1.76. The van der Waals surface area contributed by atoms with E-state index in [9.17, 15) is 22.0 Å². The monoisotopic (exact) mass is 331 g/mol. The van der Waals surface area contributed by atoms with Gasteiger partial charge in [-0.2, -0.15) is 0 Å². The van der Waals surface area contributed by atoms with Gasteiger partial charge in [-0.1, -0.05) is 6.92 Å². The Morgan fingerprint density at radius 1 is 1.41 bits per heavy atom. The third-order valence-corrected chi connectivity index (χ3v) is 5.71. The number of nitrogens with one attached hydrogen (secondary N) is 1. The van der Waals surface area contributed by atoms with E-state index in [0.29, 0.717) is 12.8 Å². The molecule has 1 amide bonds.